The first-order valence-corrected chi connectivity index (χ1v) is 5.14. The third-order valence-corrected chi connectivity index (χ3v) is 2.34. The molecule has 0 atom stereocenters. The molecule has 86 valence electrons. The van der Waals surface area contributed by atoms with Crippen molar-refractivity contribution in [2.75, 3.05) is 12.5 Å². The highest BCUT2D eigenvalue weighted by Gasteiger charge is 1.99. The van der Waals surface area contributed by atoms with Crippen molar-refractivity contribution < 1.29 is 14.3 Å². The van der Waals surface area contributed by atoms with Crippen LogP contribution in [0.1, 0.15) is 0 Å². The van der Waals surface area contributed by atoms with E-state index in [1.54, 1.807) is 24.3 Å². The van der Waals surface area contributed by atoms with Crippen LogP contribution < -0.4 is 15.6 Å². The standard InChI is InChI=1S/C9H11N3O3S/c1-15-9(14)12-16-8-4-2-7(3-5-8)11-10-6-13/h2-6,11H,1H3,(H,10,13)(H,12,14). The van der Waals surface area contributed by atoms with Crippen molar-refractivity contribution in [3.8, 4) is 0 Å². The van der Waals surface area contributed by atoms with E-state index in [0.29, 0.717) is 6.41 Å². The lowest BCUT2D eigenvalue weighted by Crippen LogP contribution is -2.18. The van der Waals surface area contributed by atoms with Crippen molar-refractivity contribution in [2.45, 2.75) is 4.90 Å². The van der Waals surface area contributed by atoms with Crippen LogP contribution in [-0.4, -0.2) is 19.6 Å². The molecule has 0 radical (unpaired) electrons. The lowest BCUT2D eigenvalue weighted by Gasteiger charge is -2.05. The van der Waals surface area contributed by atoms with E-state index in [-0.39, 0.29) is 0 Å². The SMILES string of the molecule is COC(=O)NSc1ccc(NNC=O)cc1. The van der Waals surface area contributed by atoms with Gasteiger partial charge in [-0.05, 0) is 36.2 Å². The predicted molar refractivity (Wildman–Crippen MR) is 60.7 cm³/mol. The zero-order valence-electron chi connectivity index (χ0n) is 8.52. The molecule has 1 aromatic carbocycles. The molecular formula is C9H11N3O3S. The fourth-order valence-electron chi connectivity index (χ4n) is 0.861. The van der Waals surface area contributed by atoms with Crippen LogP contribution in [0.25, 0.3) is 0 Å². The molecule has 0 aliphatic carbocycles. The van der Waals surface area contributed by atoms with Crippen LogP contribution in [0.5, 0.6) is 0 Å². The molecule has 0 unspecified atom stereocenters. The van der Waals surface area contributed by atoms with E-state index >= 15 is 0 Å². The highest BCUT2D eigenvalue weighted by Crippen LogP contribution is 2.17. The summed E-state index contributed by atoms with van der Waals surface area (Å²) < 4.78 is 6.89. The van der Waals surface area contributed by atoms with Gasteiger partial charge in [0.2, 0.25) is 6.41 Å². The minimum absolute atomic E-state index is 0.505. The molecule has 0 aliphatic heterocycles. The molecule has 1 aromatic rings. The van der Waals surface area contributed by atoms with Crippen molar-refractivity contribution in [2.24, 2.45) is 0 Å². The van der Waals surface area contributed by atoms with Crippen LogP contribution in [0.15, 0.2) is 29.2 Å². The Bertz CT molecular complexity index is 356. The lowest BCUT2D eigenvalue weighted by molar-refractivity contribution is -0.109. The average molecular weight is 241 g/mol. The molecule has 0 aromatic heterocycles. The number of methoxy groups -OCH3 is 1. The van der Waals surface area contributed by atoms with Gasteiger partial charge in [-0.2, -0.15) is 0 Å². The van der Waals surface area contributed by atoms with E-state index in [0.717, 1.165) is 22.5 Å². The van der Waals surface area contributed by atoms with Gasteiger partial charge in [-0.1, -0.05) is 0 Å². The summed E-state index contributed by atoms with van der Waals surface area (Å²) in [5.74, 6) is 0. The van der Waals surface area contributed by atoms with Gasteiger partial charge < -0.3 is 4.74 Å². The van der Waals surface area contributed by atoms with Gasteiger partial charge in [0.25, 0.3) is 0 Å². The van der Waals surface area contributed by atoms with Crippen molar-refractivity contribution in [3.63, 3.8) is 0 Å². The second-order valence-corrected chi connectivity index (χ2v) is 3.49. The molecule has 16 heavy (non-hydrogen) atoms. The molecule has 0 fully saturated rings. The summed E-state index contributed by atoms with van der Waals surface area (Å²) in [5, 5.41) is 0. The summed E-state index contributed by atoms with van der Waals surface area (Å²) in [6, 6.07) is 7.10. The first-order valence-electron chi connectivity index (χ1n) is 4.32. The number of hydrazine groups is 1. The topological polar surface area (TPSA) is 79.5 Å². The maximum atomic E-state index is 10.8. The average Bonchev–Trinajstić information content (AvgIpc) is 2.34. The minimum Gasteiger partial charge on any atom is -0.452 e. The minimum atomic E-state index is -0.505. The Hall–Kier alpha value is -1.89. The van der Waals surface area contributed by atoms with Gasteiger partial charge >= 0.3 is 6.09 Å². The highest BCUT2D eigenvalue weighted by atomic mass is 32.2. The molecule has 7 heteroatoms. The zero-order chi connectivity index (χ0) is 11.8. The fraction of sp³-hybridized carbons (Fsp3) is 0.111. The number of rotatable bonds is 5. The van der Waals surface area contributed by atoms with Crippen LogP contribution in [0, 0.1) is 0 Å². The Morgan fingerprint density at radius 2 is 2.06 bits per heavy atom. The number of anilines is 1. The van der Waals surface area contributed by atoms with Crippen LogP contribution in [0.4, 0.5) is 10.5 Å². The van der Waals surface area contributed by atoms with E-state index in [9.17, 15) is 9.59 Å². The third kappa shape index (κ3) is 4.09. The van der Waals surface area contributed by atoms with Crippen LogP contribution >= 0.6 is 11.9 Å². The number of hydrogen-bond donors (Lipinski definition) is 3. The van der Waals surface area contributed by atoms with Crippen molar-refractivity contribution in [1.29, 1.82) is 0 Å². The number of benzene rings is 1. The van der Waals surface area contributed by atoms with Gasteiger partial charge in [0.1, 0.15) is 0 Å². The quantitative estimate of drug-likeness (QED) is 0.409. The van der Waals surface area contributed by atoms with E-state index in [4.69, 9.17) is 0 Å². The van der Waals surface area contributed by atoms with Gasteiger partial charge in [-0.15, -0.1) is 0 Å². The molecule has 0 saturated heterocycles. The second kappa shape index (κ2) is 6.57. The van der Waals surface area contributed by atoms with Gasteiger partial charge in [0.15, 0.2) is 0 Å². The molecule has 6 nitrogen and oxygen atoms in total. The number of carbonyl (C=O) groups excluding carboxylic acids is 2. The maximum Gasteiger partial charge on any atom is 0.417 e. The predicted octanol–water partition coefficient (Wildman–Crippen LogP) is 1.12. The maximum absolute atomic E-state index is 10.8. The molecular weight excluding hydrogens is 230 g/mol. The number of carbonyl (C=O) groups is 2. The summed E-state index contributed by atoms with van der Waals surface area (Å²) >= 11 is 1.14. The summed E-state index contributed by atoms with van der Waals surface area (Å²) in [5.41, 5.74) is 5.72. The second-order valence-electron chi connectivity index (χ2n) is 2.61. The fourth-order valence-corrected chi connectivity index (χ4v) is 1.42. The molecule has 0 bridgehead atoms. The van der Waals surface area contributed by atoms with Crippen molar-refractivity contribution in [3.05, 3.63) is 24.3 Å². The molecule has 2 amide bonds. The smallest absolute Gasteiger partial charge is 0.417 e. The van der Waals surface area contributed by atoms with Gasteiger partial charge in [-0.25, -0.2) is 4.79 Å². The van der Waals surface area contributed by atoms with Crippen LogP contribution in [0.2, 0.25) is 0 Å². The van der Waals surface area contributed by atoms with E-state index < -0.39 is 6.09 Å². The normalized spacial score (nSPS) is 9.06. The molecule has 3 N–H and O–H groups in total. The Morgan fingerprint density at radius 1 is 1.38 bits per heavy atom. The number of amides is 2. The van der Waals surface area contributed by atoms with Gasteiger partial charge in [-0.3, -0.25) is 20.4 Å². The molecule has 1 rings (SSSR count). The number of nitrogens with one attached hydrogen (secondary N) is 3. The van der Waals surface area contributed by atoms with Crippen molar-refractivity contribution in [1.82, 2.24) is 10.1 Å². The monoisotopic (exact) mass is 241 g/mol. The van der Waals surface area contributed by atoms with E-state index in [1.807, 2.05) is 0 Å². The molecule has 0 spiro atoms. The Balaban J connectivity index is 2.44. The molecule has 0 saturated carbocycles. The zero-order valence-corrected chi connectivity index (χ0v) is 9.34. The van der Waals surface area contributed by atoms with Crippen LogP contribution in [0.3, 0.4) is 0 Å². The van der Waals surface area contributed by atoms with Gasteiger partial charge in [0, 0.05) is 4.90 Å². The van der Waals surface area contributed by atoms with Gasteiger partial charge in [0.05, 0.1) is 12.8 Å². The summed E-state index contributed by atoms with van der Waals surface area (Å²) in [6.45, 7) is 0. The number of ether oxygens (including phenoxy) is 1. The van der Waals surface area contributed by atoms with E-state index in [1.165, 1.54) is 7.11 Å². The highest BCUT2D eigenvalue weighted by molar-refractivity contribution is 7.98. The molecule has 0 aliphatic rings. The Morgan fingerprint density at radius 3 is 2.62 bits per heavy atom. The molecule has 0 heterocycles. The Kier molecular flexibility index (Phi) is 5.00. The first kappa shape index (κ1) is 12.2. The van der Waals surface area contributed by atoms with E-state index in [2.05, 4.69) is 20.3 Å². The first-order chi connectivity index (χ1) is 7.76. The Labute approximate surface area is 96.8 Å². The number of hydrogen-bond acceptors (Lipinski definition) is 5. The largest absolute Gasteiger partial charge is 0.452 e. The van der Waals surface area contributed by atoms with Crippen LogP contribution in [-0.2, 0) is 9.53 Å². The summed E-state index contributed by atoms with van der Waals surface area (Å²) in [7, 11) is 1.30. The third-order valence-electron chi connectivity index (χ3n) is 1.57. The summed E-state index contributed by atoms with van der Waals surface area (Å²) in [6.07, 6.45) is 0.0383. The van der Waals surface area contributed by atoms with Crippen molar-refractivity contribution >= 4 is 30.1 Å². The summed E-state index contributed by atoms with van der Waals surface area (Å²) in [4.78, 5) is 21.6. The lowest BCUT2D eigenvalue weighted by atomic mass is 10.3.